The maximum Gasteiger partial charge on any atom is 0.226 e. The monoisotopic (exact) mass is 484 g/mol. The summed E-state index contributed by atoms with van der Waals surface area (Å²) < 4.78 is 15.1. The van der Waals surface area contributed by atoms with Gasteiger partial charge in [-0.05, 0) is 62.1 Å². The molecule has 0 fully saturated rings. The molecule has 34 heavy (non-hydrogen) atoms. The number of hydrogen-bond donors (Lipinski definition) is 3. The zero-order valence-electron chi connectivity index (χ0n) is 21.4. The van der Waals surface area contributed by atoms with Crippen molar-refractivity contribution in [1.82, 2.24) is 4.41 Å². The lowest BCUT2D eigenvalue weighted by molar-refractivity contribution is 0.0857. The first-order valence-corrected chi connectivity index (χ1v) is 12.5. The maximum atomic E-state index is 13.3. The molecule has 2 rings (SSSR count). The van der Waals surface area contributed by atoms with E-state index >= 15 is 0 Å². The molecule has 2 aromatic rings. The van der Waals surface area contributed by atoms with Crippen LogP contribution < -0.4 is 5.43 Å². The molecule has 2 aromatic carbocycles. The van der Waals surface area contributed by atoms with Crippen molar-refractivity contribution in [3.05, 3.63) is 64.5 Å². The first kappa shape index (κ1) is 29.7. The van der Waals surface area contributed by atoms with Crippen LogP contribution in [0.15, 0.2) is 36.4 Å². The summed E-state index contributed by atoms with van der Waals surface area (Å²) in [5.74, 6) is 0.143. The van der Waals surface area contributed by atoms with Crippen molar-refractivity contribution < 1.29 is 9.50 Å². The number of hydrogen-bond acceptors (Lipinski definition) is 6. The van der Waals surface area contributed by atoms with Gasteiger partial charge in [-0.2, -0.15) is 9.68 Å². The predicted molar refractivity (Wildman–Crippen MR) is 145 cm³/mol. The van der Waals surface area contributed by atoms with Crippen molar-refractivity contribution in [2.75, 3.05) is 12.5 Å². The Labute approximate surface area is 209 Å². The smallest absolute Gasteiger partial charge is 0.226 e. The number of rotatable bonds is 10. The normalized spacial score (nSPS) is 13.2. The van der Waals surface area contributed by atoms with Crippen LogP contribution in [0.5, 0.6) is 0 Å². The topological polar surface area (TPSA) is 83.1 Å². The lowest BCUT2D eigenvalue weighted by Gasteiger charge is -2.36. The Morgan fingerprint density at radius 2 is 1.91 bits per heavy atom. The number of halogens is 1. The van der Waals surface area contributed by atoms with Gasteiger partial charge >= 0.3 is 0 Å². The number of benzene rings is 2. The second kappa shape index (κ2) is 14.2. The number of aliphatic hydroxyl groups is 1. The molecular formula is C26H38BFN4OS. The molecule has 0 saturated heterocycles. The molecule has 0 aliphatic heterocycles. The lowest BCUT2D eigenvalue weighted by atomic mass is 9.71. The Hall–Kier alpha value is -2.34. The van der Waals surface area contributed by atoms with E-state index in [1.807, 2.05) is 42.7 Å². The van der Waals surface area contributed by atoms with Crippen LogP contribution in [0.1, 0.15) is 62.3 Å². The van der Waals surface area contributed by atoms with Crippen LogP contribution in [0, 0.1) is 29.5 Å². The first-order valence-electron chi connectivity index (χ1n) is 11.7. The van der Waals surface area contributed by atoms with E-state index in [1.165, 1.54) is 18.3 Å². The van der Waals surface area contributed by atoms with Crippen LogP contribution in [-0.4, -0.2) is 34.9 Å². The van der Waals surface area contributed by atoms with Gasteiger partial charge in [0.25, 0.3) is 0 Å². The summed E-state index contributed by atoms with van der Waals surface area (Å²) in [6, 6.07) is 12.6. The first-order chi connectivity index (χ1) is 16.0. The quantitative estimate of drug-likeness (QED) is 0.152. The summed E-state index contributed by atoms with van der Waals surface area (Å²) in [4.78, 5) is 0. The van der Waals surface area contributed by atoms with Crippen molar-refractivity contribution in [1.29, 1.82) is 10.7 Å². The van der Waals surface area contributed by atoms with E-state index in [0.29, 0.717) is 22.8 Å². The van der Waals surface area contributed by atoms with Gasteiger partial charge in [-0.3, -0.25) is 0 Å². The molecule has 0 aliphatic carbocycles. The van der Waals surface area contributed by atoms with E-state index in [4.69, 9.17) is 10.7 Å². The standard InChI is InChI=1S/C15H21NO.C11H17BFN3S/c1-4-10-15(5-2,12(3)17)14-8-6-13(11-16)7-9-14;1-8-5-9(13)6-11(10(8)7-14)15-16(4)17-12(2)3/h6-9,12,17H,4-5,10H2,1-3H3;5-7,14-15H,1-4H3. The summed E-state index contributed by atoms with van der Waals surface area (Å²) in [5.41, 5.74) is 6.79. The van der Waals surface area contributed by atoms with Gasteiger partial charge in [0.15, 0.2) is 0 Å². The number of nitriles is 1. The highest BCUT2D eigenvalue weighted by Crippen LogP contribution is 2.36. The van der Waals surface area contributed by atoms with Gasteiger partial charge < -0.3 is 15.9 Å². The Morgan fingerprint density at radius 3 is 2.35 bits per heavy atom. The minimum Gasteiger partial charge on any atom is -0.392 e. The van der Waals surface area contributed by atoms with Crippen LogP contribution in [0.3, 0.4) is 0 Å². The maximum absolute atomic E-state index is 13.3. The third kappa shape index (κ3) is 8.16. The molecule has 5 nitrogen and oxygen atoms in total. The molecule has 0 aromatic heterocycles. The van der Waals surface area contributed by atoms with Crippen LogP contribution in [-0.2, 0) is 5.41 Å². The van der Waals surface area contributed by atoms with E-state index in [-0.39, 0.29) is 17.3 Å². The van der Waals surface area contributed by atoms with E-state index in [0.717, 1.165) is 30.4 Å². The molecule has 8 heteroatoms. The lowest BCUT2D eigenvalue weighted by Crippen LogP contribution is -2.37. The van der Waals surface area contributed by atoms with Gasteiger partial charge in [-0.1, -0.05) is 46.0 Å². The highest BCUT2D eigenvalue weighted by Gasteiger charge is 2.34. The minimum atomic E-state index is -0.375. The van der Waals surface area contributed by atoms with Crippen molar-refractivity contribution in [2.24, 2.45) is 0 Å². The molecule has 0 aliphatic rings. The molecule has 0 amide bonds. The predicted octanol–water partition coefficient (Wildman–Crippen LogP) is 6.68. The zero-order chi connectivity index (χ0) is 25.9. The third-order valence-electron chi connectivity index (χ3n) is 5.86. The fourth-order valence-corrected chi connectivity index (χ4v) is 4.93. The number of aryl methyl sites for hydroxylation is 1. The molecule has 0 radical (unpaired) electrons. The van der Waals surface area contributed by atoms with Gasteiger partial charge in [-0.15, -0.1) is 11.8 Å². The van der Waals surface area contributed by atoms with E-state index in [9.17, 15) is 9.50 Å². The molecule has 184 valence electrons. The van der Waals surface area contributed by atoms with Gasteiger partial charge in [0.2, 0.25) is 5.99 Å². The van der Waals surface area contributed by atoms with Crippen LogP contribution in [0.25, 0.3) is 0 Å². The second-order valence-electron chi connectivity index (χ2n) is 8.72. The Morgan fingerprint density at radius 1 is 1.29 bits per heavy atom. The van der Waals surface area contributed by atoms with E-state index in [1.54, 1.807) is 18.7 Å². The number of anilines is 1. The molecule has 2 unspecified atom stereocenters. The average Bonchev–Trinajstić information content (AvgIpc) is 2.77. The molecular weight excluding hydrogens is 446 g/mol. The summed E-state index contributed by atoms with van der Waals surface area (Å²) >= 11 is 1.60. The van der Waals surface area contributed by atoms with Crippen molar-refractivity contribution >= 4 is 29.7 Å². The molecule has 0 heterocycles. The number of nitrogens with one attached hydrogen (secondary N) is 2. The Bertz CT molecular complexity index is 963. The highest BCUT2D eigenvalue weighted by atomic mass is 32.2. The van der Waals surface area contributed by atoms with Crippen molar-refractivity contribution in [3.8, 4) is 6.07 Å². The largest absolute Gasteiger partial charge is 0.392 e. The third-order valence-corrected chi connectivity index (χ3v) is 6.69. The SMILES string of the molecule is CB(C)SN(C)Nc1cc(F)cc(C)c1C=N.CCCC(CC)(c1ccc(C#N)cc1)C(C)O. The van der Waals surface area contributed by atoms with Crippen LogP contribution in [0.4, 0.5) is 10.1 Å². The molecule has 0 bridgehead atoms. The summed E-state index contributed by atoms with van der Waals surface area (Å²) in [6.45, 7) is 12.1. The summed E-state index contributed by atoms with van der Waals surface area (Å²) in [6.07, 6.45) is 3.78. The second-order valence-corrected chi connectivity index (χ2v) is 10.4. The number of nitrogens with zero attached hydrogens (tertiary/aromatic N) is 2. The fraction of sp³-hybridized carbons (Fsp3) is 0.462. The minimum absolute atomic E-state index is 0.178. The molecule has 0 spiro atoms. The van der Waals surface area contributed by atoms with Crippen LogP contribution >= 0.6 is 11.8 Å². The van der Waals surface area contributed by atoms with Gasteiger partial charge in [0.05, 0.1) is 23.4 Å². The van der Waals surface area contributed by atoms with Crippen molar-refractivity contribution in [3.63, 3.8) is 0 Å². The Balaban J connectivity index is 0.000000340. The highest BCUT2D eigenvalue weighted by molar-refractivity contribution is 8.23. The summed E-state index contributed by atoms with van der Waals surface area (Å²) in [7, 11) is 1.87. The molecule has 3 N–H and O–H groups in total. The molecule has 2 atom stereocenters. The van der Waals surface area contributed by atoms with Gasteiger partial charge in [0, 0.05) is 24.2 Å². The zero-order valence-corrected chi connectivity index (χ0v) is 22.3. The van der Waals surface area contributed by atoms with Crippen LogP contribution in [0.2, 0.25) is 13.6 Å². The fourth-order valence-electron chi connectivity index (χ4n) is 4.14. The number of hydrazine groups is 1. The van der Waals surface area contributed by atoms with E-state index in [2.05, 4.69) is 39.0 Å². The Kier molecular flexibility index (Phi) is 12.4. The average molecular weight is 484 g/mol. The summed E-state index contributed by atoms with van der Waals surface area (Å²) in [5, 5.41) is 26.3. The van der Waals surface area contributed by atoms with Crippen molar-refractivity contribution in [2.45, 2.75) is 72.1 Å². The van der Waals surface area contributed by atoms with E-state index < -0.39 is 0 Å². The number of aliphatic hydroxyl groups excluding tert-OH is 1. The van der Waals surface area contributed by atoms with Gasteiger partial charge in [-0.25, -0.2) is 4.39 Å². The van der Waals surface area contributed by atoms with Gasteiger partial charge in [0.1, 0.15) is 5.82 Å². The molecule has 0 saturated carbocycles.